The third kappa shape index (κ3) is 5.42. The van der Waals surface area contributed by atoms with Crippen LogP contribution in [0.3, 0.4) is 0 Å². The van der Waals surface area contributed by atoms with Crippen molar-refractivity contribution in [2.45, 2.75) is 45.8 Å². The van der Waals surface area contributed by atoms with E-state index in [1.807, 2.05) is 48.2 Å². The second-order valence-electron chi connectivity index (χ2n) is 9.68. The normalized spacial score (nSPS) is 16.1. The summed E-state index contributed by atoms with van der Waals surface area (Å²) < 4.78 is 5.93. The van der Waals surface area contributed by atoms with Gasteiger partial charge >= 0.3 is 0 Å². The number of nitrogen functional groups attached to an aromatic ring is 1. The Morgan fingerprint density at radius 1 is 1.03 bits per heavy atom. The van der Waals surface area contributed by atoms with Gasteiger partial charge in [0.05, 0.1) is 12.1 Å². The van der Waals surface area contributed by atoms with E-state index in [1.54, 1.807) is 0 Å². The van der Waals surface area contributed by atoms with E-state index in [1.165, 1.54) is 5.56 Å². The summed E-state index contributed by atoms with van der Waals surface area (Å²) in [7, 11) is 0. The number of amides is 1. The number of carbonyl (C=O) groups excluding carboxylic acids is 1. The minimum absolute atomic E-state index is 0.0146. The van der Waals surface area contributed by atoms with Gasteiger partial charge < -0.3 is 15.4 Å². The highest BCUT2D eigenvalue weighted by atomic mass is 16.5. The smallest absolute Gasteiger partial charge is 0.263 e. The highest BCUT2D eigenvalue weighted by molar-refractivity contribution is 5.87. The number of fused-ring (bicyclic) bond motifs is 1. The van der Waals surface area contributed by atoms with Crippen LogP contribution in [0, 0.1) is 0 Å². The first-order valence-electron chi connectivity index (χ1n) is 11.5. The molecule has 0 aliphatic carbocycles. The minimum atomic E-state index is -0.527. The number of nitrogens with two attached hydrogens (primary N) is 1. The number of rotatable bonds is 5. The Hall–Kier alpha value is -3.19. The largest absolute Gasteiger partial charge is 0.481 e. The molecule has 7 nitrogen and oxygen atoms in total. The van der Waals surface area contributed by atoms with Crippen LogP contribution >= 0.6 is 0 Å². The summed E-state index contributed by atoms with van der Waals surface area (Å²) in [5, 5.41) is 0.874. The Balaban J connectivity index is 1.30. The molecule has 0 bridgehead atoms. The SMILES string of the molecule is CC(Oc1ccc(C(C)(C)C)cc1)C(=O)N1CCN(Cc2nc(N)c3ccccc3n2)CC1. The van der Waals surface area contributed by atoms with Crippen molar-refractivity contribution in [2.75, 3.05) is 31.9 Å². The molecule has 0 saturated carbocycles. The lowest BCUT2D eigenvalue weighted by Gasteiger charge is -2.35. The molecule has 1 unspecified atom stereocenters. The van der Waals surface area contributed by atoms with Gasteiger partial charge in [-0.1, -0.05) is 45.0 Å². The van der Waals surface area contributed by atoms with Gasteiger partial charge in [0.2, 0.25) is 0 Å². The Morgan fingerprint density at radius 2 is 1.70 bits per heavy atom. The fraction of sp³-hybridized carbons (Fsp3) is 0.423. The number of ether oxygens (including phenoxy) is 1. The molecule has 1 fully saturated rings. The summed E-state index contributed by atoms with van der Waals surface area (Å²) in [5.41, 5.74) is 8.29. The Bertz CT molecular complexity index is 1120. The predicted octanol–water partition coefficient (Wildman–Crippen LogP) is 3.62. The van der Waals surface area contributed by atoms with E-state index in [2.05, 4.69) is 47.8 Å². The van der Waals surface area contributed by atoms with E-state index in [-0.39, 0.29) is 11.3 Å². The van der Waals surface area contributed by atoms with Crippen LogP contribution in [0.15, 0.2) is 48.5 Å². The zero-order valence-corrected chi connectivity index (χ0v) is 19.9. The van der Waals surface area contributed by atoms with Gasteiger partial charge in [0.1, 0.15) is 17.4 Å². The highest BCUT2D eigenvalue weighted by Gasteiger charge is 2.26. The molecule has 4 rings (SSSR count). The standard InChI is InChI=1S/C26H33N5O2/c1-18(33-20-11-9-19(10-12-20)26(2,3)4)25(32)31-15-13-30(14-16-31)17-23-28-22-8-6-5-7-21(22)24(27)29-23/h5-12,18H,13-17H2,1-4H3,(H2,27,28,29). The van der Waals surface area contributed by atoms with Gasteiger partial charge in [-0.2, -0.15) is 0 Å². The maximum atomic E-state index is 12.9. The predicted molar refractivity (Wildman–Crippen MR) is 131 cm³/mol. The lowest BCUT2D eigenvalue weighted by atomic mass is 9.87. The van der Waals surface area contributed by atoms with Crippen LogP contribution in [0.2, 0.25) is 0 Å². The molecule has 174 valence electrons. The van der Waals surface area contributed by atoms with Crippen LogP contribution in [0.5, 0.6) is 5.75 Å². The summed E-state index contributed by atoms with van der Waals surface area (Å²) in [5.74, 6) is 1.95. The number of hydrogen-bond donors (Lipinski definition) is 1. The number of benzene rings is 2. The molecule has 7 heteroatoms. The molecule has 2 heterocycles. The summed E-state index contributed by atoms with van der Waals surface area (Å²) >= 11 is 0. The molecular formula is C26H33N5O2. The fourth-order valence-electron chi connectivity index (χ4n) is 4.09. The third-order valence-electron chi connectivity index (χ3n) is 6.11. The quantitative estimate of drug-likeness (QED) is 0.643. The van der Waals surface area contributed by atoms with Crippen LogP contribution in [0.1, 0.15) is 39.1 Å². The van der Waals surface area contributed by atoms with Gasteiger partial charge in [0, 0.05) is 31.6 Å². The van der Waals surface area contributed by atoms with Crippen LogP contribution in [0.25, 0.3) is 10.9 Å². The van der Waals surface area contributed by atoms with Gasteiger partial charge in [0.25, 0.3) is 5.91 Å². The molecular weight excluding hydrogens is 414 g/mol. The number of hydrogen-bond acceptors (Lipinski definition) is 6. The molecule has 1 saturated heterocycles. The van der Waals surface area contributed by atoms with Crippen LogP contribution < -0.4 is 10.5 Å². The zero-order chi connectivity index (χ0) is 23.6. The Kier molecular flexibility index (Phi) is 6.51. The van der Waals surface area contributed by atoms with Crippen LogP contribution in [-0.4, -0.2) is 58.0 Å². The third-order valence-corrected chi connectivity index (χ3v) is 6.11. The van der Waals surface area contributed by atoms with E-state index in [9.17, 15) is 4.79 Å². The van der Waals surface area contributed by atoms with Crippen molar-refractivity contribution in [3.63, 3.8) is 0 Å². The monoisotopic (exact) mass is 447 g/mol. The van der Waals surface area contributed by atoms with Gasteiger partial charge in [0.15, 0.2) is 6.10 Å². The van der Waals surface area contributed by atoms with Gasteiger partial charge in [-0.05, 0) is 42.2 Å². The summed E-state index contributed by atoms with van der Waals surface area (Å²) in [6.45, 7) is 11.8. The number of anilines is 1. The van der Waals surface area contributed by atoms with E-state index in [0.29, 0.717) is 37.0 Å². The molecule has 1 aliphatic rings. The highest BCUT2D eigenvalue weighted by Crippen LogP contribution is 2.25. The van der Waals surface area contributed by atoms with Crippen molar-refractivity contribution < 1.29 is 9.53 Å². The van der Waals surface area contributed by atoms with Crippen LogP contribution in [0.4, 0.5) is 5.82 Å². The molecule has 2 aromatic carbocycles. The molecule has 2 N–H and O–H groups in total. The molecule has 0 spiro atoms. The van der Waals surface area contributed by atoms with E-state index in [4.69, 9.17) is 10.5 Å². The molecule has 0 radical (unpaired) electrons. The van der Waals surface area contributed by atoms with Gasteiger partial charge in [-0.15, -0.1) is 0 Å². The maximum Gasteiger partial charge on any atom is 0.263 e. The number of aromatic nitrogens is 2. The van der Waals surface area contributed by atoms with Crippen molar-refractivity contribution in [3.05, 3.63) is 59.9 Å². The van der Waals surface area contributed by atoms with Crippen molar-refractivity contribution >= 4 is 22.6 Å². The zero-order valence-electron chi connectivity index (χ0n) is 19.9. The molecule has 1 amide bonds. The van der Waals surface area contributed by atoms with Crippen molar-refractivity contribution in [1.29, 1.82) is 0 Å². The van der Waals surface area contributed by atoms with E-state index < -0.39 is 6.10 Å². The number of para-hydroxylation sites is 1. The van der Waals surface area contributed by atoms with E-state index >= 15 is 0 Å². The van der Waals surface area contributed by atoms with Crippen LogP contribution in [-0.2, 0) is 16.8 Å². The van der Waals surface area contributed by atoms with Gasteiger partial charge in [-0.3, -0.25) is 9.69 Å². The fourth-order valence-corrected chi connectivity index (χ4v) is 4.09. The summed E-state index contributed by atoms with van der Waals surface area (Å²) in [6, 6.07) is 15.8. The molecule has 1 aromatic heterocycles. The first kappa shape index (κ1) is 23.0. The van der Waals surface area contributed by atoms with Crippen molar-refractivity contribution in [1.82, 2.24) is 19.8 Å². The number of piperazine rings is 1. The minimum Gasteiger partial charge on any atom is -0.481 e. The molecule has 33 heavy (non-hydrogen) atoms. The Morgan fingerprint density at radius 3 is 2.36 bits per heavy atom. The second-order valence-corrected chi connectivity index (χ2v) is 9.68. The average Bonchev–Trinajstić information content (AvgIpc) is 2.79. The topological polar surface area (TPSA) is 84.6 Å². The summed E-state index contributed by atoms with van der Waals surface area (Å²) in [4.78, 5) is 26.2. The first-order chi connectivity index (χ1) is 15.7. The second kappa shape index (κ2) is 9.35. The molecule has 3 aromatic rings. The first-order valence-corrected chi connectivity index (χ1v) is 11.5. The number of carbonyl (C=O) groups is 1. The Labute approximate surface area is 195 Å². The maximum absolute atomic E-state index is 12.9. The van der Waals surface area contributed by atoms with Gasteiger partial charge in [-0.25, -0.2) is 9.97 Å². The molecule has 1 aliphatic heterocycles. The number of nitrogens with zero attached hydrogens (tertiary/aromatic N) is 4. The van der Waals surface area contributed by atoms with Crippen molar-refractivity contribution in [2.24, 2.45) is 0 Å². The molecule has 1 atom stereocenters. The lowest BCUT2D eigenvalue weighted by Crippen LogP contribution is -2.51. The van der Waals surface area contributed by atoms with E-state index in [0.717, 1.165) is 24.0 Å². The summed E-state index contributed by atoms with van der Waals surface area (Å²) in [6.07, 6.45) is -0.527. The average molecular weight is 448 g/mol. The van der Waals surface area contributed by atoms with Crippen molar-refractivity contribution in [3.8, 4) is 5.75 Å². The lowest BCUT2D eigenvalue weighted by molar-refractivity contribution is -0.139.